The number of carbonyl (C=O) groups is 2. The summed E-state index contributed by atoms with van der Waals surface area (Å²) in [5.74, 6) is -0.342. The van der Waals surface area contributed by atoms with Crippen LogP contribution in [0.3, 0.4) is 0 Å². The summed E-state index contributed by atoms with van der Waals surface area (Å²) in [7, 11) is 1.46. The fraction of sp³-hybridized carbons (Fsp3) is 0.429. The Morgan fingerprint density at radius 2 is 2.04 bits per heavy atom. The highest BCUT2D eigenvalue weighted by molar-refractivity contribution is 5.93. The van der Waals surface area contributed by atoms with Crippen LogP contribution in [0.4, 0.5) is 21.9 Å². The third kappa shape index (κ3) is 4.56. The number of nitro groups is 1. The van der Waals surface area contributed by atoms with Crippen LogP contribution in [0.1, 0.15) is 0 Å². The van der Waals surface area contributed by atoms with E-state index < -0.39 is 11.0 Å². The lowest BCUT2D eigenvalue weighted by molar-refractivity contribution is -0.384. The van der Waals surface area contributed by atoms with Crippen molar-refractivity contribution in [1.82, 2.24) is 16.0 Å². The highest BCUT2D eigenvalue weighted by Gasteiger charge is 2.22. The van der Waals surface area contributed by atoms with Crippen LogP contribution >= 0.6 is 0 Å². The molecule has 0 saturated carbocycles. The van der Waals surface area contributed by atoms with Crippen molar-refractivity contribution >= 4 is 29.0 Å². The Balaban J connectivity index is 2.09. The molecule has 1 aromatic carbocycles. The Hall–Kier alpha value is -2.88. The Morgan fingerprint density at radius 3 is 2.67 bits per heavy atom. The molecule has 1 aliphatic heterocycles. The number of carbonyl (C=O) groups excluding carboxylic acids is 2. The number of piperazine rings is 1. The zero-order valence-corrected chi connectivity index (χ0v) is 13.3. The number of nitrogens with zero attached hydrogens (tertiary/aromatic N) is 2. The van der Waals surface area contributed by atoms with Crippen molar-refractivity contribution in [1.29, 1.82) is 0 Å². The fourth-order valence-electron chi connectivity index (χ4n) is 2.34. The van der Waals surface area contributed by atoms with E-state index in [2.05, 4.69) is 21.3 Å². The summed E-state index contributed by atoms with van der Waals surface area (Å²) < 4.78 is 0. The van der Waals surface area contributed by atoms with Gasteiger partial charge >= 0.3 is 6.03 Å². The van der Waals surface area contributed by atoms with Gasteiger partial charge in [0.15, 0.2) is 0 Å². The second-order valence-corrected chi connectivity index (χ2v) is 5.18. The summed E-state index contributed by atoms with van der Waals surface area (Å²) in [6.07, 6.45) is 0. The molecule has 1 fully saturated rings. The van der Waals surface area contributed by atoms with E-state index in [1.165, 1.54) is 13.1 Å². The van der Waals surface area contributed by atoms with Gasteiger partial charge in [0.1, 0.15) is 5.69 Å². The highest BCUT2D eigenvalue weighted by Crippen LogP contribution is 2.31. The number of hydrogen-bond acceptors (Lipinski definition) is 6. The Labute approximate surface area is 138 Å². The predicted molar refractivity (Wildman–Crippen MR) is 89.3 cm³/mol. The first-order valence-corrected chi connectivity index (χ1v) is 7.51. The summed E-state index contributed by atoms with van der Waals surface area (Å²) >= 11 is 0. The van der Waals surface area contributed by atoms with Crippen LogP contribution in [0.25, 0.3) is 0 Å². The third-order valence-electron chi connectivity index (χ3n) is 3.58. The van der Waals surface area contributed by atoms with Crippen LogP contribution in [-0.4, -0.2) is 56.6 Å². The molecule has 2 rings (SSSR count). The molecule has 24 heavy (non-hydrogen) atoms. The van der Waals surface area contributed by atoms with Crippen molar-refractivity contribution in [3.05, 3.63) is 28.3 Å². The average molecular weight is 336 g/mol. The molecule has 0 atom stereocenters. The molecule has 0 aliphatic carbocycles. The molecule has 4 N–H and O–H groups in total. The van der Waals surface area contributed by atoms with E-state index >= 15 is 0 Å². The number of rotatable bonds is 5. The number of benzene rings is 1. The normalized spacial score (nSPS) is 14.0. The van der Waals surface area contributed by atoms with Crippen LogP contribution in [-0.2, 0) is 4.79 Å². The lowest BCUT2D eigenvalue weighted by Gasteiger charge is -2.29. The third-order valence-corrected chi connectivity index (χ3v) is 3.58. The van der Waals surface area contributed by atoms with E-state index in [0.717, 1.165) is 13.1 Å². The predicted octanol–water partition coefficient (Wildman–Crippen LogP) is -0.128. The van der Waals surface area contributed by atoms with E-state index in [1.807, 2.05) is 4.90 Å². The molecule has 1 saturated heterocycles. The minimum Gasteiger partial charge on any atom is -0.363 e. The van der Waals surface area contributed by atoms with Gasteiger partial charge < -0.3 is 26.2 Å². The molecule has 3 amide bonds. The fourth-order valence-corrected chi connectivity index (χ4v) is 2.34. The topological polar surface area (TPSA) is 129 Å². The standard InChI is InChI=1S/C14H20N6O4/c1-15-13(21)9-17-14(22)18-10-2-3-11(12(8-10)20(23)24)19-6-4-16-5-7-19/h2-3,8,16H,4-7,9H2,1H3,(H,15,21)(H2,17,18,22). The van der Waals surface area contributed by atoms with E-state index in [1.54, 1.807) is 12.1 Å². The van der Waals surface area contributed by atoms with E-state index in [4.69, 9.17) is 0 Å². The van der Waals surface area contributed by atoms with Gasteiger partial charge in [-0.25, -0.2) is 4.79 Å². The smallest absolute Gasteiger partial charge is 0.319 e. The zero-order valence-electron chi connectivity index (χ0n) is 13.3. The van der Waals surface area contributed by atoms with Crippen molar-refractivity contribution in [3.63, 3.8) is 0 Å². The van der Waals surface area contributed by atoms with E-state index in [9.17, 15) is 19.7 Å². The summed E-state index contributed by atoms with van der Waals surface area (Å²) in [6.45, 7) is 2.71. The first-order valence-electron chi connectivity index (χ1n) is 7.51. The lowest BCUT2D eigenvalue weighted by atomic mass is 10.2. The summed E-state index contributed by atoms with van der Waals surface area (Å²) in [4.78, 5) is 35.6. The van der Waals surface area contributed by atoms with Crippen molar-refractivity contribution in [3.8, 4) is 0 Å². The van der Waals surface area contributed by atoms with Crippen molar-refractivity contribution in [2.24, 2.45) is 0 Å². The Morgan fingerprint density at radius 1 is 1.33 bits per heavy atom. The molecule has 10 nitrogen and oxygen atoms in total. The number of urea groups is 1. The maximum atomic E-state index is 11.7. The van der Waals surface area contributed by atoms with Crippen LogP contribution < -0.4 is 26.2 Å². The largest absolute Gasteiger partial charge is 0.363 e. The molecule has 0 bridgehead atoms. The monoisotopic (exact) mass is 336 g/mol. The van der Waals surface area contributed by atoms with Crippen molar-refractivity contribution in [2.45, 2.75) is 0 Å². The molecular weight excluding hydrogens is 316 g/mol. The second kappa shape index (κ2) is 8.11. The number of likely N-dealkylation sites (N-methyl/N-ethyl adjacent to an activating group) is 1. The Kier molecular flexibility index (Phi) is 5.90. The molecule has 1 aromatic rings. The number of nitro benzene ring substituents is 1. The highest BCUT2D eigenvalue weighted by atomic mass is 16.6. The van der Waals surface area contributed by atoms with Gasteiger partial charge in [0.25, 0.3) is 5.69 Å². The Bertz CT molecular complexity index is 630. The molecule has 0 spiro atoms. The van der Waals surface area contributed by atoms with E-state index in [0.29, 0.717) is 18.8 Å². The first-order chi connectivity index (χ1) is 11.5. The lowest BCUT2D eigenvalue weighted by Crippen LogP contribution is -2.43. The first kappa shape index (κ1) is 17.5. The SMILES string of the molecule is CNC(=O)CNC(=O)Nc1ccc(N2CCNCC2)c([N+](=O)[O-])c1. The van der Waals surface area contributed by atoms with Crippen LogP contribution in [0.15, 0.2) is 18.2 Å². The molecule has 1 heterocycles. The maximum absolute atomic E-state index is 11.7. The molecule has 130 valence electrons. The van der Waals surface area contributed by atoms with Gasteiger partial charge in [-0.05, 0) is 12.1 Å². The van der Waals surface area contributed by atoms with Gasteiger partial charge in [-0.1, -0.05) is 0 Å². The second-order valence-electron chi connectivity index (χ2n) is 5.18. The van der Waals surface area contributed by atoms with Gasteiger partial charge in [-0.3, -0.25) is 14.9 Å². The number of anilines is 2. The van der Waals surface area contributed by atoms with Crippen LogP contribution in [0.2, 0.25) is 0 Å². The minimum absolute atomic E-state index is 0.0685. The number of hydrogen-bond donors (Lipinski definition) is 4. The summed E-state index contributed by atoms with van der Waals surface area (Å²) in [5, 5.41) is 21.7. The quantitative estimate of drug-likeness (QED) is 0.438. The molecule has 10 heteroatoms. The zero-order chi connectivity index (χ0) is 17.5. The molecule has 0 radical (unpaired) electrons. The van der Waals surface area contributed by atoms with Gasteiger partial charge in [0, 0.05) is 45.0 Å². The number of nitrogens with one attached hydrogen (secondary N) is 4. The minimum atomic E-state index is -0.608. The van der Waals surface area contributed by atoms with Gasteiger partial charge in [0.2, 0.25) is 5.91 Å². The molecular formula is C14H20N6O4. The molecule has 0 unspecified atom stereocenters. The van der Waals surface area contributed by atoms with Crippen LogP contribution in [0.5, 0.6) is 0 Å². The van der Waals surface area contributed by atoms with E-state index in [-0.39, 0.29) is 23.8 Å². The number of amides is 3. The van der Waals surface area contributed by atoms with Gasteiger partial charge in [-0.2, -0.15) is 0 Å². The average Bonchev–Trinajstić information content (AvgIpc) is 2.60. The van der Waals surface area contributed by atoms with Crippen LogP contribution in [0, 0.1) is 10.1 Å². The molecule has 0 aromatic heterocycles. The summed E-state index contributed by atoms with van der Waals surface area (Å²) in [6, 6.07) is 3.93. The molecule has 1 aliphatic rings. The summed E-state index contributed by atoms with van der Waals surface area (Å²) in [5.41, 5.74) is 0.744. The van der Waals surface area contributed by atoms with Crippen molar-refractivity contribution in [2.75, 3.05) is 50.0 Å². The van der Waals surface area contributed by atoms with Crippen molar-refractivity contribution < 1.29 is 14.5 Å². The van der Waals surface area contributed by atoms with Gasteiger partial charge in [-0.15, -0.1) is 0 Å². The van der Waals surface area contributed by atoms with Gasteiger partial charge in [0.05, 0.1) is 11.5 Å². The maximum Gasteiger partial charge on any atom is 0.319 e.